The molecule has 0 bridgehead atoms. The summed E-state index contributed by atoms with van der Waals surface area (Å²) in [6, 6.07) is 12.8. The average Bonchev–Trinajstić information content (AvgIpc) is 3.05. The second-order valence-corrected chi connectivity index (χ2v) is 7.80. The van der Waals surface area contributed by atoms with Crippen molar-refractivity contribution in [2.24, 2.45) is 0 Å². The maximum atomic E-state index is 12.6. The Labute approximate surface area is 193 Å². The van der Waals surface area contributed by atoms with E-state index in [-0.39, 0.29) is 18.4 Å². The second kappa shape index (κ2) is 10.8. The van der Waals surface area contributed by atoms with Crippen molar-refractivity contribution in [1.82, 2.24) is 10.2 Å². The van der Waals surface area contributed by atoms with Gasteiger partial charge in [0.2, 0.25) is 0 Å². The molecule has 1 aliphatic rings. The minimum absolute atomic E-state index is 0.143. The molecule has 0 radical (unpaired) electrons. The summed E-state index contributed by atoms with van der Waals surface area (Å²) in [5.41, 5.74) is 2.98. The fourth-order valence-corrected chi connectivity index (χ4v) is 3.41. The summed E-state index contributed by atoms with van der Waals surface area (Å²) in [5, 5.41) is 6.18. The van der Waals surface area contributed by atoms with E-state index in [4.69, 9.17) is 21.7 Å². The summed E-state index contributed by atoms with van der Waals surface area (Å²) in [7, 11) is 1.52. The van der Waals surface area contributed by atoms with Crippen LogP contribution in [0.2, 0.25) is 0 Å². The molecule has 1 aliphatic heterocycles. The van der Waals surface area contributed by atoms with E-state index in [1.807, 2.05) is 31.2 Å². The zero-order valence-electron chi connectivity index (χ0n) is 18.4. The number of rotatable bonds is 9. The Morgan fingerprint density at radius 3 is 2.62 bits per heavy atom. The molecule has 7 nitrogen and oxygen atoms in total. The highest BCUT2D eigenvalue weighted by atomic mass is 32.1. The number of hydrogen-bond donors (Lipinski definition) is 2. The number of ether oxygens (including phenoxy) is 2. The SMILES string of the molecule is CCCCN1C(=O)/C(=C\c2ccc(OCC(=O)Nc3ccc(C)cc3)c(OC)c2)NC1=S. The summed E-state index contributed by atoms with van der Waals surface area (Å²) < 4.78 is 11.0. The molecule has 2 amide bonds. The van der Waals surface area contributed by atoms with Crippen molar-refractivity contribution in [3.05, 3.63) is 59.3 Å². The van der Waals surface area contributed by atoms with Crippen molar-refractivity contribution in [2.75, 3.05) is 25.6 Å². The topological polar surface area (TPSA) is 79.9 Å². The third-order valence-electron chi connectivity index (χ3n) is 4.89. The standard InChI is InChI=1S/C24H27N3O4S/c1-4-5-12-27-23(29)19(26-24(27)32)13-17-8-11-20(21(14-17)30-3)31-15-22(28)25-18-9-6-16(2)7-10-18/h6-11,13-14H,4-5,12,15H2,1-3H3,(H,25,28)(H,26,32)/b19-13+. The summed E-state index contributed by atoms with van der Waals surface area (Å²) in [4.78, 5) is 26.4. The lowest BCUT2D eigenvalue weighted by molar-refractivity contribution is -0.122. The van der Waals surface area contributed by atoms with Crippen LogP contribution in [-0.2, 0) is 9.59 Å². The lowest BCUT2D eigenvalue weighted by atomic mass is 10.1. The van der Waals surface area contributed by atoms with Gasteiger partial charge in [-0.2, -0.15) is 0 Å². The molecule has 168 valence electrons. The van der Waals surface area contributed by atoms with Crippen molar-refractivity contribution >= 4 is 40.9 Å². The molecule has 0 atom stereocenters. The maximum Gasteiger partial charge on any atom is 0.276 e. The number of anilines is 1. The van der Waals surface area contributed by atoms with Gasteiger partial charge in [0.25, 0.3) is 11.8 Å². The highest BCUT2D eigenvalue weighted by Crippen LogP contribution is 2.29. The first-order valence-electron chi connectivity index (χ1n) is 10.4. The minimum Gasteiger partial charge on any atom is -0.493 e. The van der Waals surface area contributed by atoms with Crippen LogP contribution in [0.5, 0.6) is 11.5 Å². The van der Waals surface area contributed by atoms with Gasteiger partial charge in [-0.3, -0.25) is 14.5 Å². The van der Waals surface area contributed by atoms with Gasteiger partial charge in [-0.25, -0.2) is 0 Å². The summed E-state index contributed by atoms with van der Waals surface area (Å²) in [6.45, 7) is 4.48. The van der Waals surface area contributed by atoms with Crippen molar-refractivity contribution in [2.45, 2.75) is 26.7 Å². The Bertz CT molecular complexity index is 1030. The Kier molecular flexibility index (Phi) is 7.83. The average molecular weight is 454 g/mol. The Balaban J connectivity index is 1.65. The number of unbranched alkanes of at least 4 members (excludes halogenated alkanes) is 1. The molecule has 1 fully saturated rings. The molecule has 2 aromatic carbocycles. The Morgan fingerprint density at radius 1 is 1.19 bits per heavy atom. The predicted octanol–water partition coefficient (Wildman–Crippen LogP) is 3.88. The molecular weight excluding hydrogens is 426 g/mol. The van der Waals surface area contributed by atoms with Gasteiger partial charge in [-0.05, 0) is 61.5 Å². The number of hydrogen-bond acceptors (Lipinski definition) is 5. The van der Waals surface area contributed by atoms with Crippen LogP contribution in [0.4, 0.5) is 5.69 Å². The molecule has 3 rings (SSSR count). The predicted molar refractivity (Wildman–Crippen MR) is 129 cm³/mol. The number of thiocarbonyl (C=S) groups is 1. The second-order valence-electron chi connectivity index (χ2n) is 7.41. The first kappa shape index (κ1) is 23.3. The van der Waals surface area contributed by atoms with Crippen LogP contribution in [0.15, 0.2) is 48.2 Å². The lowest BCUT2D eigenvalue weighted by Gasteiger charge is -2.12. The summed E-state index contributed by atoms with van der Waals surface area (Å²) >= 11 is 5.28. The zero-order valence-corrected chi connectivity index (χ0v) is 19.3. The number of carbonyl (C=O) groups is 2. The first-order chi connectivity index (χ1) is 15.4. The van der Waals surface area contributed by atoms with Crippen molar-refractivity contribution in [3.8, 4) is 11.5 Å². The molecule has 2 N–H and O–H groups in total. The van der Waals surface area contributed by atoms with E-state index < -0.39 is 0 Å². The molecule has 0 saturated carbocycles. The van der Waals surface area contributed by atoms with Crippen LogP contribution in [-0.4, -0.2) is 42.1 Å². The van der Waals surface area contributed by atoms with E-state index in [1.165, 1.54) is 7.11 Å². The van der Waals surface area contributed by atoms with Gasteiger partial charge in [-0.15, -0.1) is 0 Å². The van der Waals surface area contributed by atoms with Crippen LogP contribution in [0.25, 0.3) is 6.08 Å². The van der Waals surface area contributed by atoms with Gasteiger partial charge in [-0.1, -0.05) is 37.1 Å². The van der Waals surface area contributed by atoms with Gasteiger partial charge < -0.3 is 20.1 Å². The fourth-order valence-electron chi connectivity index (χ4n) is 3.13. The third kappa shape index (κ3) is 5.85. The van der Waals surface area contributed by atoms with Crippen LogP contribution in [0.1, 0.15) is 30.9 Å². The number of carbonyl (C=O) groups excluding carboxylic acids is 2. The third-order valence-corrected chi connectivity index (χ3v) is 5.21. The van der Waals surface area contributed by atoms with E-state index in [0.29, 0.717) is 34.5 Å². The monoisotopic (exact) mass is 453 g/mol. The molecule has 0 spiro atoms. The van der Waals surface area contributed by atoms with Crippen molar-refractivity contribution < 1.29 is 19.1 Å². The van der Waals surface area contributed by atoms with Gasteiger partial charge in [0.05, 0.1) is 7.11 Å². The quantitative estimate of drug-likeness (QED) is 0.443. The normalized spacial score (nSPS) is 14.5. The van der Waals surface area contributed by atoms with Gasteiger partial charge in [0.1, 0.15) is 5.70 Å². The molecule has 2 aromatic rings. The zero-order chi connectivity index (χ0) is 23.1. The highest BCUT2D eigenvalue weighted by molar-refractivity contribution is 7.80. The molecule has 1 heterocycles. The number of aryl methyl sites for hydroxylation is 1. The number of nitrogens with zero attached hydrogens (tertiary/aromatic N) is 1. The molecular formula is C24H27N3O4S. The lowest BCUT2D eigenvalue weighted by Crippen LogP contribution is -2.31. The van der Waals surface area contributed by atoms with E-state index >= 15 is 0 Å². The van der Waals surface area contributed by atoms with E-state index in [2.05, 4.69) is 17.6 Å². The molecule has 32 heavy (non-hydrogen) atoms. The smallest absolute Gasteiger partial charge is 0.276 e. The van der Waals surface area contributed by atoms with Crippen LogP contribution < -0.4 is 20.1 Å². The summed E-state index contributed by atoms with van der Waals surface area (Å²) in [6.07, 6.45) is 3.59. The van der Waals surface area contributed by atoms with E-state index in [0.717, 1.165) is 24.0 Å². The first-order valence-corrected chi connectivity index (χ1v) is 10.8. The number of amides is 2. The van der Waals surface area contributed by atoms with E-state index in [1.54, 1.807) is 29.2 Å². The number of benzene rings is 2. The maximum absolute atomic E-state index is 12.6. The number of nitrogens with one attached hydrogen (secondary N) is 2. The molecule has 1 saturated heterocycles. The van der Waals surface area contributed by atoms with Crippen LogP contribution in [0.3, 0.4) is 0 Å². The Morgan fingerprint density at radius 2 is 1.94 bits per heavy atom. The minimum atomic E-state index is -0.275. The summed E-state index contributed by atoms with van der Waals surface area (Å²) in [5.74, 6) is 0.469. The Hall–Kier alpha value is -3.39. The molecule has 0 aromatic heterocycles. The fraction of sp³-hybridized carbons (Fsp3) is 0.292. The van der Waals surface area contributed by atoms with Crippen LogP contribution in [0, 0.1) is 6.92 Å². The van der Waals surface area contributed by atoms with Crippen LogP contribution >= 0.6 is 12.2 Å². The van der Waals surface area contributed by atoms with Gasteiger partial charge >= 0.3 is 0 Å². The van der Waals surface area contributed by atoms with Crippen molar-refractivity contribution in [1.29, 1.82) is 0 Å². The van der Waals surface area contributed by atoms with Crippen molar-refractivity contribution in [3.63, 3.8) is 0 Å². The molecule has 0 unspecified atom stereocenters. The van der Waals surface area contributed by atoms with E-state index in [9.17, 15) is 9.59 Å². The highest BCUT2D eigenvalue weighted by Gasteiger charge is 2.29. The molecule has 0 aliphatic carbocycles. The van der Waals surface area contributed by atoms with Gasteiger partial charge in [0.15, 0.2) is 23.2 Å². The molecule has 8 heteroatoms. The number of methoxy groups -OCH3 is 1. The largest absolute Gasteiger partial charge is 0.493 e. The van der Waals surface area contributed by atoms with Gasteiger partial charge in [0, 0.05) is 12.2 Å².